The van der Waals surface area contributed by atoms with E-state index in [4.69, 9.17) is 19.6 Å². The van der Waals surface area contributed by atoms with E-state index in [1.165, 1.54) is 6.26 Å². The molecule has 162 valence electrons. The van der Waals surface area contributed by atoms with E-state index < -0.39 is 0 Å². The van der Waals surface area contributed by atoms with Gasteiger partial charge < -0.3 is 19.5 Å². The minimum Gasteiger partial charge on any atom is -0.467 e. The number of benzene rings is 1. The number of nitrogens with two attached hydrogens (primary N) is 1. The third-order valence-corrected chi connectivity index (χ3v) is 5.14. The van der Waals surface area contributed by atoms with Gasteiger partial charge in [0.05, 0.1) is 12.1 Å². The van der Waals surface area contributed by atoms with Crippen LogP contribution in [0.1, 0.15) is 66.4 Å². The lowest BCUT2D eigenvalue weighted by atomic mass is 10.0. The molecule has 0 aliphatic carbocycles. The van der Waals surface area contributed by atoms with Crippen molar-refractivity contribution in [3.05, 3.63) is 65.6 Å². The molecular weight excluding hydrogens is 425 g/mol. The highest BCUT2D eigenvalue weighted by Crippen LogP contribution is 2.37. The van der Waals surface area contributed by atoms with Crippen LogP contribution in [-0.4, -0.2) is 22.3 Å². The van der Waals surface area contributed by atoms with Crippen LogP contribution in [0.2, 0.25) is 0 Å². The van der Waals surface area contributed by atoms with Crippen LogP contribution >= 0.6 is 24.8 Å². The fourth-order valence-corrected chi connectivity index (χ4v) is 3.72. The van der Waals surface area contributed by atoms with Crippen molar-refractivity contribution in [3.63, 3.8) is 0 Å². The molecule has 0 radical (unpaired) electrons. The summed E-state index contributed by atoms with van der Waals surface area (Å²) < 4.78 is 11.5. The van der Waals surface area contributed by atoms with Crippen LogP contribution in [0, 0.1) is 0 Å². The zero-order valence-corrected chi connectivity index (χ0v) is 18.7. The Labute approximate surface area is 188 Å². The van der Waals surface area contributed by atoms with Crippen LogP contribution in [-0.2, 0) is 6.54 Å². The number of likely N-dealkylation sites (tertiary alicyclic amines) is 1. The maximum atomic E-state index is 13.0. The standard InChI is InChI=1S/C22H25N3O3.2ClH/c1-14(2)20-19(15-7-4-3-5-8-15)24-21(28-20)18-9-6-10-25(18)22(26)16-11-17(12-23)27-13-16;;/h3-5,7-8,11,13-14,18H,6,9-10,12,23H2,1-2H3;2*1H. The number of hydrogen-bond donors (Lipinski definition) is 1. The molecule has 1 fully saturated rings. The molecule has 2 N–H and O–H groups in total. The van der Waals surface area contributed by atoms with Crippen molar-refractivity contribution < 1.29 is 13.6 Å². The number of carbonyl (C=O) groups is 1. The van der Waals surface area contributed by atoms with Gasteiger partial charge in [-0.15, -0.1) is 24.8 Å². The zero-order chi connectivity index (χ0) is 19.7. The van der Waals surface area contributed by atoms with Crippen molar-refractivity contribution >= 4 is 30.7 Å². The minimum atomic E-state index is -0.168. The quantitative estimate of drug-likeness (QED) is 0.565. The summed E-state index contributed by atoms with van der Waals surface area (Å²) in [6.45, 7) is 5.13. The molecule has 0 spiro atoms. The lowest BCUT2D eigenvalue weighted by Crippen LogP contribution is -2.30. The summed E-state index contributed by atoms with van der Waals surface area (Å²) in [4.78, 5) is 19.7. The van der Waals surface area contributed by atoms with Gasteiger partial charge in [0.15, 0.2) is 0 Å². The summed E-state index contributed by atoms with van der Waals surface area (Å²) in [6.07, 6.45) is 3.22. The van der Waals surface area contributed by atoms with Crippen LogP contribution in [0.3, 0.4) is 0 Å². The van der Waals surface area contributed by atoms with Gasteiger partial charge in [0.1, 0.15) is 29.5 Å². The molecule has 1 amide bonds. The highest BCUT2D eigenvalue weighted by Gasteiger charge is 2.35. The Balaban J connectivity index is 0.00000160. The summed E-state index contributed by atoms with van der Waals surface area (Å²) in [7, 11) is 0. The lowest BCUT2D eigenvalue weighted by molar-refractivity contribution is 0.0713. The van der Waals surface area contributed by atoms with E-state index in [1.54, 1.807) is 6.07 Å². The van der Waals surface area contributed by atoms with Crippen LogP contribution in [0.25, 0.3) is 11.3 Å². The van der Waals surface area contributed by atoms with Gasteiger partial charge in [-0.05, 0) is 18.9 Å². The fourth-order valence-electron chi connectivity index (χ4n) is 3.72. The SMILES string of the molecule is CC(C)c1oc(C2CCCN2C(=O)c2coc(CN)c2)nc1-c1ccccc1.Cl.Cl. The molecule has 0 saturated carbocycles. The number of carbonyl (C=O) groups excluding carboxylic acids is 1. The fraction of sp³-hybridized carbons (Fsp3) is 0.364. The summed E-state index contributed by atoms with van der Waals surface area (Å²) >= 11 is 0. The number of oxazole rings is 1. The third kappa shape index (κ3) is 4.56. The molecule has 2 aromatic heterocycles. The van der Waals surface area contributed by atoms with E-state index in [0.29, 0.717) is 23.8 Å². The molecule has 1 unspecified atom stereocenters. The van der Waals surface area contributed by atoms with Gasteiger partial charge in [-0.25, -0.2) is 4.98 Å². The molecule has 8 heteroatoms. The molecular formula is C22H27Cl2N3O3. The second-order valence-corrected chi connectivity index (χ2v) is 7.45. The number of nitrogens with zero attached hydrogens (tertiary/aromatic N) is 2. The molecule has 0 bridgehead atoms. The molecule has 3 aromatic rings. The smallest absolute Gasteiger partial charge is 0.257 e. The summed E-state index contributed by atoms with van der Waals surface area (Å²) in [5, 5.41) is 0. The van der Waals surface area contributed by atoms with Gasteiger partial charge in [0, 0.05) is 18.0 Å². The van der Waals surface area contributed by atoms with Gasteiger partial charge >= 0.3 is 0 Å². The maximum Gasteiger partial charge on any atom is 0.257 e. The van der Waals surface area contributed by atoms with Gasteiger partial charge in [0.25, 0.3) is 5.91 Å². The van der Waals surface area contributed by atoms with Crippen LogP contribution < -0.4 is 5.73 Å². The van der Waals surface area contributed by atoms with Crippen molar-refractivity contribution in [2.75, 3.05) is 6.54 Å². The van der Waals surface area contributed by atoms with E-state index in [2.05, 4.69) is 13.8 Å². The Morgan fingerprint density at radius 1 is 1.27 bits per heavy atom. The largest absolute Gasteiger partial charge is 0.467 e. The van der Waals surface area contributed by atoms with E-state index >= 15 is 0 Å². The second kappa shape index (κ2) is 10.2. The Hall–Kier alpha value is -2.28. The number of furan rings is 1. The zero-order valence-electron chi connectivity index (χ0n) is 17.0. The number of halogens is 2. The molecule has 6 nitrogen and oxygen atoms in total. The first kappa shape index (κ1) is 24.0. The third-order valence-electron chi connectivity index (χ3n) is 5.14. The van der Waals surface area contributed by atoms with Crippen molar-refractivity contribution in [2.24, 2.45) is 5.73 Å². The van der Waals surface area contributed by atoms with Crippen LogP contribution in [0.15, 0.2) is 51.5 Å². The summed E-state index contributed by atoms with van der Waals surface area (Å²) in [5.74, 6) is 2.19. The van der Waals surface area contributed by atoms with Crippen molar-refractivity contribution in [3.8, 4) is 11.3 Å². The van der Waals surface area contributed by atoms with Gasteiger partial charge in [-0.1, -0.05) is 44.2 Å². The normalized spacial score (nSPS) is 15.7. The van der Waals surface area contributed by atoms with E-state index in [9.17, 15) is 4.79 Å². The monoisotopic (exact) mass is 451 g/mol. The van der Waals surface area contributed by atoms with Crippen LogP contribution in [0.4, 0.5) is 0 Å². The second-order valence-electron chi connectivity index (χ2n) is 7.45. The first-order valence-electron chi connectivity index (χ1n) is 9.73. The predicted molar refractivity (Wildman–Crippen MR) is 120 cm³/mol. The molecule has 4 rings (SSSR count). The van der Waals surface area contributed by atoms with Gasteiger partial charge in [-0.3, -0.25) is 4.79 Å². The molecule has 1 aliphatic heterocycles. The molecule has 3 heterocycles. The average Bonchev–Trinajstić information content (AvgIpc) is 3.46. The molecule has 30 heavy (non-hydrogen) atoms. The predicted octanol–water partition coefficient (Wildman–Crippen LogP) is 5.34. The van der Waals surface area contributed by atoms with Gasteiger partial charge in [0.2, 0.25) is 5.89 Å². The maximum absolute atomic E-state index is 13.0. The average molecular weight is 452 g/mol. The van der Waals surface area contributed by atoms with Crippen LogP contribution in [0.5, 0.6) is 0 Å². The van der Waals surface area contributed by atoms with Crippen molar-refractivity contribution in [2.45, 2.75) is 45.2 Å². The number of aromatic nitrogens is 1. The molecule has 1 atom stereocenters. The lowest BCUT2D eigenvalue weighted by Gasteiger charge is -2.21. The van der Waals surface area contributed by atoms with Crippen molar-refractivity contribution in [1.82, 2.24) is 9.88 Å². The number of rotatable bonds is 5. The molecule has 1 saturated heterocycles. The Kier molecular flexibility index (Phi) is 8.12. The highest BCUT2D eigenvalue weighted by atomic mass is 35.5. The summed E-state index contributed by atoms with van der Waals surface area (Å²) in [5.41, 5.74) is 8.00. The molecule has 1 aromatic carbocycles. The van der Waals surface area contributed by atoms with Crippen molar-refractivity contribution in [1.29, 1.82) is 0 Å². The van der Waals surface area contributed by atoms with Gasteiger partial charge in [-0.2, -0.15) is 0 Å². The Morgan fingerprint density at radius 2 is 2.00 bits per heavy atom. The Bertz CT molecular complexity index is 969. The number of amides is 1. The number of hydrogen-bond acceptors (Lipinski definition) is 5. The summed E-state index contributed by atoms with van der Waals surface area (Å²) in [6, 6.07) is 11.6. The first-order valence-corrected chi connectivity index (χ1v) is 9.73. The van der Waals surface area contributed by atoms with E-state index in [0.717, 1.165) is 29.9 Å². The Morgan fingerprint density at radius 3 is 2.63 bits per heavy atom. The topological polar surface area (TPSA) is 85.5 Å². The first-order chi connectivity index (χ1) is 13.6. The molecule has 1 aliphatic rings. The van der Waals surface area contributed by atoms with E-state index in [1.807, 2.05) is 35.2 Å². The minimum absolute atomic E-state index is 0. The van der Waals surface area contributed by atoms with E-state index in [-0.39, 0.29) is 49.2 Å². The highest BCUT2D eigenvalue weighted by molar-refractivity contribution is 5.94.